The molecule has 0 heterocycles. The number of unbranched alkanes of at least 4 members (excludes halogenated alkanes) is 37. The third-order valence-corrected chi connectivity index (χ3v) is 13.9. The lowest BCUT2D eigenvalue weighted by atomic mass is 10.0. The van der Waals surface area contributed by atoms with Crippen LogP contribution in [0, 0.1) is 17.8 Å². The Hall–Kier alpha value is -1.59. The van der Waals surface area contributed by atoms with Gasteiger partial charge in [-0.15, -0.1) is 0 Å². The molecule has 0 spiro atoms. The van der Waals surface area contributed by atoms with E-state index < -0.39 is 6.10 Å². The van der Waals surface area contributed by atoms with Gasteiger partial charge in [0.05, 0.1) is 0 Å². The Bertz CT molecular complexity index is 1040. The average molecular weight is 948 g/mol. The zero-order chi connectivity index (χ0) is 49.1. The maximum absolute atomic E-state index is 12.8. The van der Waals surface area contributed by atoms with E-state index in [9.17, 15) is 14.4 Å². The van der Waals surface area contributed by atoms with Gasteiger partial charge in [-0.2, -0.15) is 0 Å². The normalized spacial score (nSPS) is 12.1. The quantitative estimate of drug-likeness (QED) is 0.0343. The fourth-order valence-electron chi connectivity index (χ4n) is 9.35. The van der Waals surface area contributed by atoms with Gasteiger partial charge in [0.15, 0.2) is 6.10 Å². The van der Waals surface area contributed by atoms with Crippen molar-refractivity contribution in [2.45, 2.75) is 343 Å². The summed E-state index contributed by atoms with van der Waals surface area (Å²) in [6.07, 6.45) is 55.3. The van der Waals surface area contributed by atoms with Crippen molar-refractivity contribution < 1.29 is 28.6 Å². The largest absolute Gasteiger partial charge is 0.462 e. The second-order valence-corrected chi connectivity index (χ2v) is 22.4. The van der Waals surface area contributed by atoms with Crippen LogP contribution in [-0.2, 0) is 28.6 Å². The maximum atomic E-state index is 12.8. The van der Waals surface area contributed by atoms with Gasteiger partial charge < -0.3 is 14.2 Å². The van der Waals surface area contributed by atoms with Crippen LogP contribution in [0.2, 0.25) is 0 Å². The van der Waals surface area contributed by atoms with Crippen molar-refractivity contribution in [3.8, 4) is 0 Å². The van der Waals surface area contributed by atoms with Crippen LogP contribution in [0.25, 0.3) is 0 Å². The standard InChI is InChI=1S/C61H118O6/c1-55(2)47-41-35-29-23-18-14-11-9-7-8-10-12-16-20-26-32-38-44-50-59(62)65-53-58(67-61(64)52-46-40-34-28-22-25-31-37-43-49-57(5)6)54-66-60(63)51-45-39-33-27-21-17-13-15-19-24-30-36-42-48-56(3)4/h55-58H,7-54H2,1-6H3/t58-/m0/s1. The summed E-state index contributed by atoms with van der Waals surface area (Å²) >= 11 is 0. The second kappa shape index (κ2) is 52.2. The average Bonchev–Trinajstić information content (AvgIpc) is 3.29. The van der Waals surface area contributed by atoms with Crippen molar-refractivity contribution in [1.82, 2.24) is 0 Å². The number of carbonyl (C=O) groups excluding carboxylic acids is 3. The zero-order valence-corrected chi connectivity index (χ0v) is 46.2. The van der Waals surface area contributed by atoms with Crippen molar-refractivity contribution >= 4 is 17.9 Å². The van der Waals surface area contributed by atoms with Gasteiger partial charge in [-0.05, 0) is 37.0 Å². The van der Waals surface area contributed by atoms with Crippen LogP contribution in [0.15, 0.2) is 0 Å². The number of rotatable bonds is 54. The summed E-state index contributed by atoms with van der Waals surface area (Å²) in [5.41, 5.74) is 0. The summed E-state index contributed by atoms with van der Waals surface area (Å²) in [5, 5.41) is 0. The number of ether oxygens (including phenoxy) is 3. The molecule has 0 aliphatic rings. The van der Waals surface area contributed by atoms with Crippen LogP contribution < -0.4 is 0 Å². The van der Waals surface area contributed by atoms with Crippen molar-refractivity contribution in [1.29, 1.82) is 0 Å². The maximum Gasteiger partial charge on any atom is 0.306 e. The van der Waals surface area contributed by atoms with Gasteiger partial charge in [-0.25, -0.2) is 0 Å². The third kappa shape index (κ3) is 55.2. The Balaban J connectivity index is 4.23. The smallest absolute Gasteiger partial charge is 0.306 e. The molecule has 0 N–H and O–H groups in total. The van der Waals surface area contributed by atoms with Crippen molar-refractivity contribution in [3.63, 3.8) is 0 Å². The molecule has 0 aliphatic carbocycles. The predicted octanol–water partition coefficient (Wildman–Crippen LogP) is 19.9. The Morgan fingerprint density at radius 1 is 0.254 bits per heavy atom. The molecule has 0 aromatic heterocycles. The van der Waals surface area contributed by atoms with E-state index in [1.54, 1.807) is 0 Å². The minimum atomic E-state index is -0.764. The molecule has 0 unspecified atom stereocenters. The Kier molecular flexibility index (Phi) is 51.0. The highest BCUT2D eigenvalue weighted by molar-refractivity contribution is 5.71. The van der Waals surface area contributed by atoms with Crippen LogP contribution in [0.5, 0.6) is 0 Å². The van der Waals surface area contributed by atoms with E-state index in [0.29, 0.717) is 19.3 Å². The molecule has 0 saturated carbocycles. The van der Waals surface area contributed by atoms with Crippen LogP contribution in [0.1, 0.15) is 337 Å². The molecule has 1 atom stereocenters. The molecular weight excluding hydrogens is 829 g/mol. The third-order valence-electron chi connectivity index (χ3n) is 13.9. The van der Waals surface area contributed by atoms with Gasteiger partial charge in [0, 0.05) is 19.3 Å². The minimum Gasteiger partial charge on any atom is -0.462 e. The highest BCUT2D eigenvalue weighted by atomic mass is 16.6. The lowest BCUT2D eigenvalue weighted by Gasteiger charge is -2.18. The molecule has 6 heteroatoms. The monoisotopic (exact) mass is 947 g/mol. The summed E-state index contributed by atoms with van der Waals surface area (Å²) in [6.45, 7) is 13.8. The highest BCUT2D eigenvalue weighted by Crippen LogP contribution is 2.19. The van der Waals surface area contributed by atoms with E-state index in [0.717, 1.165) is 75.5 Å². The first-order chi connectivity index (χ1) is 32.6. The van der Waals surface area contributed by atoms with Crippen molar-refractivity contribution in [2.75, 3.05) is 13.2 Å². The van der Waals surface area contributed by atoms with Crippen LogP contribution in [0.4, 0.5) is 0 Å². The lowest BCUT2D eigenvalue weighted by molar-refractivity contribution is -0.167. The predicted molar refractivity (Wildman–Crippen MR) is 289 cm³/mol. The molecule has 0 bridgehead atoms. The van der Waals surface area contributed by atoms with E-state index in [4.69, 9.17) is 14.2 Å². The Labute approximate surface area is 418 Å². The number of hydrogen-bond donors (Lipinski definition) is 0. The lowest BCUT2D eigenvalue weighted by Crippen LogP contribution is -2.30. The molecule has 398 valence electrons. The second-order valence-electron chi connectivity index (χ2n) is 22.4. The van der Waals surface area contributed by atoms with Gasteiger partial charge in [0.1, 0.15) is 13.2 Å². The Morgan fingerprint density at radius 2 is 0.433 bits per heavy atom. The summed E-state index contributed by atoms with van der Waals surface area (Å²) in [5.74, 6) is 1.66. The topological polar surface area (TPSA) is 78.9 Å². The van der Waals surface area contributed by atoms with Crippen molar-refractivity contribution in [3.05, 3.63) is 0 Å². The first kappa shape index (κ1) is 65.4. The first-order valence-electron chi connectivity index (χ1n) is 30.1. The van der Waals surface area contributed by atoms with Gasteiger partial charge >= 0.3 is 17.9 Å². The van der Waals surface area contributed by atoms with Gasteiger partial charge in [0.2, 0.25) is 0 Å². The van der Waals surface area contributed by atoms with Gasteiger partial charge in [-0.1, -0.05) is 298 Å². The van der Waals surface area contributed by atoms with E-state index >= 15 is 0 Å². The number of carbonyl (C=O) groups is 3. The molecule has 0 amide bonds. The highest BCUT2D eigenvalue weighted by Gasteiger charge is 2.19. The van der Waals surface area contributed by atoms with Gasteiger partial charge in [0.25, 0.3) is 0 Å². The molecule has 0 aliphatic heterocycles. The van der Waals surface area contributed by atoms with Crippen LogP contribution >= 0.6 is 0 Å². The summed E-state index contributed by atoms with van der Waals surface area (Å²) in [6, 6.07) is 0. The zero-order valence-electron chi connectivity index (χ0n) is 46.2. The van der Waals surface area contributed by atoms with Crippen LogP contribution in [-0.4, -0.2) is 37.2 Å². The van der Waals surface area contributed by atoms with E-state index in [1.807, 2.05) is 0 Å². The van der Waals surface area contributed by atoms with E-state index in [-0.39, 0.29) is 31.1 Å². The number of hydrogen-bond acceptors (Lipinski definition) is 6. The fourth-order valence-corrected chi connectivity index (χ4v) is 9.35. The molecule has 0 saturated heterocycles. The fraction of sp³-hybridized carbons (Fsp3) is 0.951. The minimum absolute atomic E-state index is 0.0635. The van der Waals surface area contributed by atoms with Crippen LogP contribution in [0.3, 0.4) is 0 Å². The molecule has 67 heavy (non-hydrogen) atoms. The summed E-state index contributed by atoms with van der Waals surface area (Å²) in [4.78, 5) is 38.2. The number of esters is 3. The van der Waals surface area contributed by atoms with E-state index in [2.05, 4.69) is 41.5 Å². The molecule has 0 fully saturated rings. The SMILES string of the molecule is CC(C)CCCCCCCCCCCCCCCCCCCCC(=O)OC[C@@H](COC(=O)CCCCCCCCCCCCCCCC(C)C)OC(=O)CCCCCCCCCCCC(C)C. The molecule has 0 radical (unpaired) electrons. The first-order valence-corrected chi connectivity index (χ1v) is 30.1. The van der Waals surface area contributed by atoms with Crippen molar-refractivity contribution in [2.24, 2.45) is 17.8 Å². The molecular formula is C61H118O6. The van der Waals surface area contributed by atoms with E-state index in [1.165, 1.54) is 218 Å². The molecule has 0 aromatic rings. The Morgan fingerprint density at radius 3 is 0.642 bits per heavy atom. The molecule has 0 rings (SSSR count). The van der Waals surface area contributed by atoms with Gasteiger partial charge in [-0.3, -0.25) is 14.4 Å². The summed E-state index contributed by atoms with van der Waals surface area (Å²) in [7, 11) is 0. The molecule has 0 aromatic carbocycles. The summed E-state index contributed by atoms with van der Waals surface area (Å²) < 4.78 is 16.9. The molecule has 6 nitrogen and oxygen atoms in total.